The standard InChI is InChI=1S/C14H19N3O2/c1-2-3-10(18)7-17-14(19)12-8-16-13-5-4-9(15)6-11(12)13/h4-6,8,10,16,18H,2-3,7,15H2,1H3,(H,17,19). The molecule has 0 aliphatic heterocycles. The van der Waals surface area contributed by atoms with Crippen LogP contribution >= 0.6 is 0 Å². The van der Waals surface area contributed by atoms with E-state index in [1.165, 1.54) is 0 Å². The Balaban J connectivity index is 2.11. The smallest absolute Gasteiger partial charge is 0.253 e. The van der Waals surface area contributed by atoms with Crippen LogP contribution in [0.5, 0.6) is 0 Å². The summed E-state index contributed by atoms with van der Waals surface area (Å²) in [6.07, 6.45) is 2.73. The van der Waals surface area contributed by atoms with Gasteiger partial charge < -0.3 is 21.1 Å². The highest BCUT2D eigenvalue weighted by molar-refractivity contribution is 6.07. The van der Waals surface area contributed by atoms with E-state index in [1.807, 2.05) is 13.0 Å². The van der Waals surface area contributed by atoms with Gasteiger partial charge in [0.05, 0.1) is 11.7 Å². The van der Waals surface area contributed by atoms with E-state index >= 15 is 0 Å². The van der Waals surface area contributed by atoms with E-state index in [4.69, 9.17) is 5.73 Å². The summed E-state index contributed by atoms with van der Waals surface area (Å²) >= 11 is 0. The molecule has 5 heteroatoms. The van der Waals surface area contributed by atoms with Gasteiger partial charge in [-0.05, 0) is 24.6 Å². The molecule has 0 saturated carbocycles. The van der Waals surface area contributed by atoms with Crippen LogP contribution in [-0.4, -0.2) is 28.6 Å². The van der Waals surface area contributed by atoms with Crippen molar-refractivity contribution in [1.29, 1.82) is 0 Å². The molecule has 19 heavy (non-hydrogen) atoms. The summed E-state index contributed by atoms with van der Waals surface area (Å²) in [4.78, 5) is 15.1. The van der Waals surface area contributed by atoms with Gasteiger partial charge in [-0.1, -0.05) is 13.3 Å². The molecule has 1 atom stereocenters. The molecule has 1 heterocycles. The van der Waals surface area contributed by atoms with Gasteiger partial charge in [0.15, 0.2) is 0 Å². The van der Waals surface area contributed by atoms with E-state index in [2.05, 4.69) is 10.3 Å². The van der Waals surface area contributed by atoms with Crippen molar-refractivity contribution in [3.8, 4) is 0 Å². The van der Waals surface area contributed by atoms with Gasteiger partial charge in [-0.3, -0.25) is 4.79 Å². The lowest BCUT2D eigenvalue weighted by Gasteiger charge is -2.10. The van der Waals surface area contributed by atoms with Crippen molar-refractivity contribution >= 4 is 22.5 Å². The predicted molar refractivity (Wildman–Crippen MR) is 76.0 cm³/mol. The van der Waals surface area contributed by atoms with Crippen molar-refractivity contribution in [3.63, 3.8) is 0 Å². The summed E-state index contributed by atoms with van der Waals surface area (Å²) in [5.74, 6) is -0.202. The topological polar surface area (TPSA) is 91.1 Å². The zero-order valence-electron chi connectivity index (χ0n) is 10.9. The van der Waals surface area contributed by atoms with Crippen LogP contribution in [0.25, 0.3) is 10.9 Å². The number of carbonyl (C=O) groups excluding carboxylic acids is 1. The number of nitrogens with one attached hydrogen (secondary N) is 2. The lowest BCUT2D eigenvalue weighted by atomic mass is 10.1. The Bertz CT molecular complexity index is 577. The molecule has 2 rings (SSSR count). The van der Waals surface area contributed by atoms with Gasteiger partial charge in [-0.25, -0.2) is 0 Å². The number of nitrogens with two attached hydrogens (primary N) is 1. The molecule has 2 aromatic rings. The number of aromatic nitrogens is 1. The fraction of sp³-hybridized carbons (Fsp3) is 0.357. The molecule has 0 bridgehead atoms. The molecular weight excluding hydrogens is 242 g/mol. The number of aromatic amines is 1. The summed E-state index contributed by atoms with van der Waals surface area (Å²) < 4.78 is 0. The average Bonchev–Trinajstić information content (AvgIpc) is 2.79. The van der Waals surface area contributed by atoms with Crippen LogP contribution in [0.1, 0.15) is 30.1 Å². The van der Waals surface area contributed by atoms with E-state index in [0.29, 0.717) is 17.7 Å². The molecule has 0 saturated heterocycles. The Hall–Kier alpha value is -2.01. The normalized spacial score (nSPS) is 12.5. The number of amides is 1. The number of rotatable bonds is 5. The molecule has 0 aliphatic rings. The van der Waals surface area contributed by atoms with Crippen LogP contribution in [0.2, 0.25) is 0 Å². The number of carbonyl (C=O) groups is 1. The van der Waals surface area contributed by atoms with Crippen LogP contribution < -0.4 is 11.1 Å². The summed E-state index contributed by atoms with van der Waals surface area (Å²) in [6, 6.07) is 5.39. The first-order valence-electron chi connectivity index (χ1n) is 6.44. The number of aliphatic hydroxyl groups is 1. The van der Waals surface area contributed by atoms with Crippen LogP contribution in [0.4, 0.5) is 5.69 Å². The fourth-order valence-corrected chi connectivity index (χ4v) is 2.07. The van der Waals surface area contributed by atoms with Crippen LogP contribution in [0.3, 0.4) is 0 Å². The second-order valence-corrected chi connectivity index (χ2v) is 4.66. The average molecular weight is 261 g/mol. The Morgan fingerprint density at radius 3 is 3.05 bits per heavy atom. The first-order valence-corrected chi connectivity index (χ1v) is 6.44. The summed E-state index contributed by atoms with van der Waals surface area (Å²) in [5, 5.41) is 13.1. The number of aliphatic hydroxyl groups excluding tert-OH is 1. The molecule has 5 nitrogen and oxygen atoms in total. The fourth-order valence-electron chi connectivity index (χ4n) is 2.07. The van der Waals surface area contributed by atoms with Crippen molar-refractivity contribution in [2.24, 2.45) is 0 Å². The maximum atomic E-state index is 12.1. The van der Waals surface area contributed by atoms with Gasteiger partial charge in [0.2, 0.25) is 0 Å². The van der Waals surface area contributed by atoms with Crippen molar-refractivity contribution in [2.45, 2.75) is 25.9 Å². The SMILES string of the molecule is CCCC(O)CNC(=O)c1c[nH]c2ccc(N)cc12. The zero-order valence-corrected chi connectivity index (χ0v) is 10.9. The third-order valence-electron chi connectivity index (χ3n) is 3.07. The molecule has 0 radical (unpaired) electrons. The minimum absolute atomic E-state index is 0.202. The molecule has 102 valence electrons. The largest absolute Gasteiger partial charge is 0.399 e. The number of H-pyrrole nitrogens is 1. The molecule has 1 amide bonds. The molecule has 0 spiro atoms. The minimum atomic E-state index is -0.496. The number of nitrogen functional groups attached to an aromatic ring is 1. The second-order valence-electron chi connectivity index (χ2n) is 4.66. The van der Waals surface area contributed by atoms with Crippen molar-refractivity contribution in [2.75, 3.05) is 12.3 Å². The van der Waals surface area contributed by atoms with E-state index in [1.54, 1.807) is 18.3 Å². The Kier molecular flexibility index (Phi) is 4.06. The second kappa shape index (κ2) is 5.75. The molecule has 1 unspecified atom stereocenters. The van der Waals surface area contributed by atoms with E-state index in [0.717, 1.165) is 17.3 Å². The van der Waals surface area contributed by atoms with Crippen LogP contribution in [0.15, 0.2) is 24.4 Å². The molecule has 1 aromatic heterocycles. The Morgan fingerprint density at radius 2 is 2.32 bits per heavy atom. The van der Waals surface area contributed by atoms with Gasteiger partial charge in [-0.15, -0.1) is 0 Å². The highest BCUT2D eigenvalue weighted by Crippen LogP contribution is 2.20. The summed E-state index contributed by atoms with van der Waals surface area (Å²) in [6.45, 7) is 2.26. The van der Waals surface area contributed by atoms with E-state index in [-0.39, 0.29) is 12.5 Å². The molecule has 5 N–H and O–H groups in total. The van der Waals surface area contributed by atoms with Crippen LogP contribution in [-0.2, 0) is 0 Å². The monoisotopic (exact) mass is 261 g/mol. The van der Waals surface area contributed by atoms with Gasteiger partial charge in [0.25, 0.3) is 5.91 Å². The lowest BCUT2D eigenvalue weighted by Crippen LogP contribution is -2.31. The first kappa shape index (κ1) is 13.4. The third-order valence-corrected chi connectivity index (χ3v) is 3.07. The highest BCUT2D eigenvalue weighted by Gasteiger charge is 2.13. The molecule has 1 aromatic carbocycles. The Labute approximate surface area is 111 Å². The maximum absolute atomic E-state index is 12.1. The van der Waals surface area contributed by atoms with Gasteiger partial charge in [0, 0.05) is 29.3 Å². The number of anilines is 1. The lowest BCUT2D eigenvalue weighted by molar-refractivity contribution is 0.0912. The number of hydrogen-bond donors (Lipinski definition) is 4. The molecule has 0 fully saturated rings. The minimum Gasteiger partial charge on any atom is -0.399 e. The third kappa shape index (κ3) is 3.06. The summed E-state index contributed by atoms with van der Waals surface area (Å²) in [5.41, 5.74) is 7.76. The number of benzene rings is 1. The highest BCUT2D eigenvalue weighted by atomic mass is 16.3. The van der Waals surface area contributed by atoms with Crippen LogP contribution in [0, 0.1) is 0 Å². The summed E-state index contributed by atoms with van der Waals surface area (Å²) in [7, 11) is 0. The van der Waals surface area contributed by atoms with Crippen molar-refractivity contribution in [1.82, 2.24) is 10.3 Å². The number of fused-ring (bicyclic) bond motifs is 1. The Morgan fingerprint density at radius 1 is 1.53 bits per heavy atom. The van der Waals surface area contributed by atoms with Gasteiger partial charge in [-0.2, -0.15) is 0 Å². The van der Waals surface area contributed by atoms with Crippen molar-refractivity contribution in [3.05, 3.63) is 30.0 Å². The van der Waals surface area contributed by atoms with Crippen molar-refractivity contribution < 1.29 is 9.90 Å². The van der Waals surface area contributed by atoms with Gasteiger partial charge in [0.1, 0.15) is 0 Å². The maximum Gasteiger partial charge on any atom is 0.253 e. The van der Waals surface area contributed by atoms with E-state index in [9.17, 15) is 9.90 Å². The molecular formula is C14H19N3O2. The molecule has 0 aliphatic carbocycles. The predicted octanol–water partition coefficient (Wildman–Crippen LogP) is 1.64. The quantitative estimate of drug-likeness (QED) is 0.617. The first-order chi connectivity index (χ1) is 9.11. The zero-order chi connectivity index (χ0) is 13.8. The van der Waals surface area contributed by atoms with Gasteiger partial charge >= 0.3 is 0 Å². The number of hydrogen-bond acceptors (Lipinski definition) is 3. The van der Waals surface area contributed by atoms with E-state index < -0.39 is 6.10 Å².